The molecule has 2 aromatic heterocycles. The first-order valence-electron chi connectivity index (χ1n) is 9.29. The number of rotatable bonds is 7. The fraction of sp³-hybridized carbons (Fsp3) is 0.333. The van der Waals surface area contributed by atoms with Crippen LogP contribution in [0.15, 0.2) is 46.2 Å². The first-order valence-corrected chi connectivity index (χ1v) is 10.2. The van der Waals surface area contributed by atoms with Crippen LogP contribution < -0.4 is 4.74 Å². The van der Waals surface area contributed by atoms with Gasteiger partial charge in [-0.3, -0.25) is 9.69 Å². The Bertz CT molecular complexity index is 951. The van der Waals surface area contributed by atoms with Crippen LogP contribution in [0.5, 0.6) is 5.75 Å². The van der Waals surface area contributed by atoms with E-state index in [9.17, 15) is 9.90 Å². The molecule has 1 saturated heterocycles. The van der Waals surface area contributed by atoms with Crippen molar-refractivity contribution in [2.24, 2.45) is 0 Å². The van der Waals surface area contributed by atoms with E-state index < -0.39 is 12.0 Å². The van der Waals surface area contributed by atoms with Gasteiger partial charge in [-0.2, -0.15) is 0 Å². The van der Waals surface area contributed by atoms with Crippen LogP contribution in [0.1, 0.15) is 29.9 Å². The summed E-state index contributed by atoms with van der Waals surface area (Å²) in [6, 6.07) is 11.4. The molecular formula is C21H22N2O4S. The smallest absolute Gasteiger partial charge is 0.320 e. The molecule has 0 amide bonds. The lowest BCUT2D eigenvalue weighted by atomic mass is 10.1. The number of carboxylic acid groups (broad SMARTS) is 1. The number of nitrogens with zero attached hydrogens (tertiary/aromatic N) is 2. The lowest BCUT2D eigenvalue weighted by Crippen LogP contribution is -2.35. The topological polar surface area (TPSA) is 75.8 Å². The van der Waals surface area contributed by atoms with Gasteiger partial charge in [0.2, 0.25) is 5.89 Å². The number of carboxylic acids is 1. The minimum Gasteiger partial charge on any atom is -0.487 e. The Labute approximate surface area is 167 Å². The summed E-state index contributed by atoms with van der Waals surface area (Å²) >= 11 is 1.59. The van der Waals surface area contributed by atoms with Gasteiger partial charge in [-0.15, -0.1) is 11.3 Å². The van der Waals surface area contributed by atoms with Crippen molar-refractivity contribution in [3.63, 3.8) is 0 Å². The lowest BCUT2D eigenvalue weighted by molar-refractivity contribution is -0.142. The average molecular weight is 398 g/mol. The van der Waals surface area contributed by atoms with Crippen LogP contribution in [0.2, 0.25) is 0 Å². The number of ether oxygens (including phenoxy) is 1. The van der Waals surface area contributed by atoms with Crippen LogP contribution >= 0.6 is 11.3 Å². The van der Waals surface area contributed by atoms with E-state index in [0.29, 0.717) is 25.5 Å². The first-order chi connectivity index (χ1) is 13.6. The highest BCUT2D eigenvalue weighted by Crippen LogP contribution is 2.27. The Balaban J connectivity index is 1.41. The summed E-state index contributed by atoms with van der Waals surface area (Å²) in [6.45, 7) is 3.63. The molecule has 0 radical (unpaired) electrons. The van der Waals surface area contributed by atoms with E-state index in [1.54, 1.807) is 11.3 Å². The molecule has 1 atom stereocenters. The Morgan fingerprint density at radius 2 is 2.29 bits per heavy atom. The summed E-state index contributed by atoms with van der Waals surface area (Å²) in [4.78, 5) is 18.9. The molecule has 28 heavy (non-hydrogen) atoms. The maximum absolute atomic E-state index is 11.4. The van der Waals surface area contributed by atoms with E-state index in [4.69, 9.17) is 9.15 Å². The molecule has 0 bridgehead atoms. The number of thiophene rings is 1. The van der Waals surface area contributed by atoms with Crippen molar-refractivity contribution in [1.82, 2.24) is 9.88 Å². The fourth-order valence-electron chi connectivity index (χ4n) is 3.48. The second kappa shape index (κ2) is 8.16. The fourth-order valence-corrected chi connectivity index (χ4v) is 4.13. The molecule has 0 saturated carbocycles. The molecule has 3 heterocycles. The molecule has 0 unspecified atom stereocenters. The van der Waals surface area contributed by atoms with Crippen LogP contribution in [0, 0.1) is 6.92 Å². The van der Waals surface area contributed by atoms with Crippen LogP contribution in [0.3, 0.4) is 0 Å². The van der Waals surface area contributed by atoms with Gasteiger partial charge in [0.15, 0.2) is 0 Å². The van der Waals surface area contributed by atoms with E-state index in [0.717, 1.165) is 40.6 Å². The van der Waals surface area contributed by atoms with Crippen molar-refractivity contribution in [3.8, 4) is 16.5 Å². The molecular weight excluding hydrogens is 376 g/mol. The molecule has 0 aliphatic carbocycles. The van der Waals surface area contributed by atoms with Gasteiger partial charge in [0.1, 0.15) is 29.9 Å². The molecule has 3 aromatic rings. The number of hydrogen-bond acceptors (Lipinski definition) is 6. The third kappa shape index (κ3) is 4.10. The summed E-state index contributed by atoms with van der Waals surface area (Å²) in [5, 5.41) is 11.3. The lowest BCUT2D eigenvalue weighted by Gasteiger charge is -2.21. The summed E-state index contributed by atoms with van der Waals surface area (Å²) < 4.78 is 11.7. The largest absolute Gasteiger partial charge is 0.487 e. The minimum absolute atomic E-state index is 0.325. The standard InChI is InChI=1S/C21H22N2O4S/c1-14-17(22-20(27-14)19-8-4-10-28-19)13-26-16-6-2-5-15(11-16)12-23-9-3-7-18(23)21(24)25/h2,4-6,8,10-11,18H,3,7,9,12-13H2,1H3,(H,24,25)/t18-/m0/s1. The normalized spacial score (nSPS) is 17.1. The van der Waals surface area contributed by atoms with Gasteiger partial charge in [-0.05, 0) is 55.5 Å². The molecule has 146 valence electrons. The summed E-state index contributed by atoms with van der Waals surface area (Å²) in [7, 11) is 0. The highest BCUT2D eigenvalue weighted by atomic mass is 32.1. The van der Waals surface area contributed by atoms with E-state index in [1.807, 2.05) is 53.6 Å². The first kappa shape index (κ1) is 18.7. The molecule has 1 aliphatic heterocycles. The summed E-state index contributed by atoms with van der Waals surface area (Å²) in [6.07, 6.45) is 1.63. The highest BCUT2D eigenvalue weighted by molar-refractivity contribution is 7.13. The maximum atomic E-state index is 11.4. The molecule has 4 rings (SSSR count). The SMILES string of the molecule is Cc1oc(-c2cccs2)nc1COc1cccc(CN2CCC[C@H]2C(=O)O)c1. The van der Waals surface area contributed by atoms with Crippen molar-refractivity contribution in [1.29, 1.82) is 0 Å². The second-order valence-corrected chi connectivity index (χ2v) is 7.85. The van der Waals surface area contributed by atoms with Gasteiger partial charge in [-0.25, -0.2) is 4.98 Å². The zero-order valence-corrected chi connectivity index (χ0v) is 16.4. The van der Waals surface area contributed by atoms with E-state index in [2.05, 4.69) is 4.98 Å². The van der Waals surface area contributed by atoms with E-state index >= 15 is 0 Å². The number of carbonyl (C=O) groups is 1. The predicted molar refractivity (Wildman–Crippen MR) is 106 cm³/mol. The third-order valence-corrected chi connectivity index (χ3v) is 5.79. The number of aryl methyl sites for hydroxylation is 1. The van der Waals surface area contributed by atoms with Crippen molar-refractivity contribution in [3.05, 3.63) is 58.8 Å². The number of likely N-dealkylation sites (tertiary alicyclic amines) is 1. The number of aromatic nitrogens is 1. The monoisotopic (exact) mass is 398 g/mol. The number of hydrogen-bond donors (Lipinski definition) is 1. The van der Waals surface area contributed by atoms with E-state index in [1.165, 1.54) is 0 Å². The molecule has 6 nitrogen and oxygen atoms in total. The van der Waals surface area contributed by atoms with Crippen LogP contribution in [-0.4, -0.2) is 33.5 Å². The van der Waals surface area contributed by atoms with Crippen LogP contribution in [-0.2, 0) is 17.9 Å². The Morgan fingerprint density at radius 3 is 3.07 bits per heavy atom. The van der Waals surface area contributed by atoms with Crippen molar-refractivity contribution >= 4 is 17.3 Å². The second-order valence-electron chi connectivity index (χ2n) is 6.90. The Morgan fingerprint density at radius 1 is 1.39 bits per heavy atom. The molecule has 1 fully saturated rings. The molecule has 1 aliphatic rings. The molecule has 1 aromatic carbocycles. The molecule has 1 N–H and O–H groups in total. The summed E-state index contributed by atoms with van der Waals surface area (Å²) in [5.74, 6) is 1.37. The predicted octanol–water partition coefficient (Wildman–Crippen LogP) is 4.34. The van der Waals surface area contributed by atoms with Gasteiger partial charge in [-0.1, -0.05) is 18.2 Å². The van der Waals surface area contributed by atoms with Crippen molar-refractivity contribution in [2.75, 3.05) is 6.54 Å². The number of benzene rings is 1. The van der Waals surface area contributed by atoms with Crippen molar-refractivity contribution < 1.29 is 19.1 Å². The van der Waals surface area contributed by atoms with Gasteiger partial charge in [0.05, 0.1) is 4.88 Å². The molecule has 7 heteroatoms. The highest BCUT2D eigenvalue weighted by Gasteiger charge is 2.30. The molecule has 0 spiro atoms. The van der Waals surface area contributed by atoms with Gasteiger partial charge in [0, 0.05) is 6.54 Å². The quantitative estimate of drug-likeness (QED) is 0.638. The number of oxazole rings is 1. The van der Waals surface area contributed by atoms with Gasteiger partial charge < -0.3 is 14.3 Å². The van der Waals surface area contributed by atoms with Gasteiger partial charge in [0.25, 0.3) is 0 Å². The third-order valence-electron chi connectivity index (χ3n) is 4.93. The van der Waals surface area contributed by atoms with Crippen molar-refractivity contribution in [2.45, 2.75) is 39.0 Å². The maximum Gasteiger partial charge on any atom is 0.320 e. The average Bonchev–Trinajstić information content (AvgIpc) is 3.41. The minimum atomic E-state index is -0.743. The van der Waals surface area contributed by atoms with Crippen LogP contribution in [0.4, 0.5) is 0 Å². The summed E-state index contributed by atoms with van der Waals surface area (Å²) in [5.41, 5.74) is 1.82. The Hall–Kier alpha value is -2.64. The van der Waals surface area contributed by atoms with Gasteiger partial charge >= 0.3 is 5.97 Å². The zero-order chi connectivity index (χ0) is 19.5. The number of aliphatic carboxylic acids is 1. The Kier molecular flexibility index (Phi) is 5.45. The van der Waals surface area contributed by atoms with E-state index in [-0.39, 0.29) is 0 Å². The zero-order valence-electron chi connectivity index (χ0n) is 15.6. The van der Waals surface area contributed by atoms with Crippen LogP contribution in [0.25, 0.3) is 10.8 Å².